The third kappa shape index (κ3) is 9.08. The molecule has 0 spiro atoms. The van der Waals surface area contributed by atoms with E-state index < -0.39 is 5.97 Å². The normalized spacial score (nSPS) is 11.0. The van der Waals surface area contributed by atoms with Gasteiger partial charge in [-0.05, 0) is 11.8 Å². The van der Waals surface area contributed by atoms with Gasteiger partial charge in [0.2, 0.25) is 0 Å². The van der Waals surface area contributed by atoms with E-state index in [2.05, 4.69) is 32.1 Å². The average molecular weight is 186 g/mol. The van der Waals surface area contributed by atoms with E-state index in [9.17, 15) is 4.79 Å². The van der Waals surface area contributed by atoms with Crippen LogP contribution in [0.1, 0.15) is 27.2 Å². The molecule has 0 fully saturated rings. The second-order valence-electron chi connectivity index (χ2n) is 4.00. The Kier molecular flexibility index (Phi) is 5.39. The van der Waals surface area contributed by atoms with E-state index in [1.807, 2.05) is 0 Å². The fourth-order valence-corrected chi connectivity index (χ4v) is 0.596. The second kappa shape index (κ2) is 5.75. The smallest absolute Gasteiger partial charge is 0.332 e. The van der Waals surface area contributed by atoms with E-state index in [1.165, 1.54) is 0 Å². The molecule has 0 aliphatic carbocycles. The van der Waals surface area contributed by atoms with Crippen LogP contribution in [-0.2, 0) is 14.3 Å². The Morgan fingerprint density at radius 3 is 2.54 bits per heavy atom. The summed E-state index contributed by atoms with van der Waals surface area (Å²) < 4.78 is 9.72. The molecule has 0 aromatic rings. The predicted octanol–water partition coefficient (Wildman–Crippen LogP) is 2.13. The van der Waals surface area contributed by atoms with Crippen molar-refractivity contribution in [2.45, 2.75) is 27.2 Å². The summed E-state index contributed by atoms with van der Waals surface area (Å²) in [7, 11) is 0. The van der Waals surface area contributed by atoms with Gasteiger partial charge in [-0.25, -0.2) is 4.79 Å². The van der Waals surface area contributed by atoms with Gasteiger partial charge in [0, 0.05) is 6.08 Å². The van der Waals surface area contributed by atoms with Crippen molar-refractivity contribution in [3.05, 3.63) is 12.7 Å². The molecule has 0 heterocycles. The van der Waals surface area contributed by atoms with Crippen molar-refractivity contribution in [1.29, 1.82) is 0 Å². The highest BCUT2D eigenvalue weighted by Gasteiger charge is 2.09. The van der Waals surface area contributed by atoms with E-state index in [4.69, 9.17) is 4.74 Å². The Hall–Kier alpha value is -0.830. The molecule has 3 heteroatoms. The zero-order valence-electron chi connectivity index (χ0n) is 8.63. The van der Waals surface area contributed by atoms with Crippen molar-refractivity contribution in [2.24, 2.45) is 5.41 Å². The highest BCUT2D eigenvalue weighted by Crippen LogP contribution is 2.17. The molecular formula is C10H18O3. The average Bonchev–Trinajstić information content (AvgIpc) is 2.01. The summed E-state index contributed by atoms with van der Waals surface area (Å²) in [6.07, 6.45) is 2.06. The van der Waals surface area contributed by atoms with Crippen LogP contribution in [0.2, 0.25) is 0 Å². The molecule has 0 aromatic heterocycles. The van der Waals surface area contributed by atoms with Crippen LogP contribution >= 0.6 is 0 Å². The van der Waals surface area contributed by atoms with Crippen LogP contribution in [0.15, 0.2) is 12.7 Å². The van der Waals surface area contributed by atoms with Crippen LogP contribution < -0.4 is 0 Å². The van der Waals surface area contributed by atoms with Crippen molar-refractivity contribution in [1.82, 2.24) is 0 Å². The molecule has 0 atom stereocenters. The fourth-order valence-electron chi connectivity index (χ4n) is 0.596. The van der Waals surface area contributed by atoms with Crippen LogP contribution in [0.3, 0.4) is 0 Å². The van der Waals surface area contributed by atoms with E-state index in [0.29, 0.717) is 6.61 Å². The lowest BCUT2D eigenvalue weighted by molar-refractivity contribution is -0.150. The van der Waals surface area contributed by atoms with Gasteiger partial charge in [0.05, 0.1) is 6.61 Å². The molecule has 0 rings (SSSR count). The van der Waals surface area contributed by atoms with E-state index in [-0.39, 0.29) is 12.2 Å². The van der Waals surface area contributed by atoms with Crippen LogP contribution in [0.5, 0.6) is 0 Å². The summed E-state index contributed by atoms with van der Waals surface area (Å²) in [5.74, 6) is -0.448. The highest BCUT2D eigenvalue weighted by atomic mass is 16.7. The zero-order chi connectivity index (χ0) is 10.3. The Balaban J connectivity index is 3.27. The monoisotopic (exact) mass is 186 g/mol. The maximum atomic E-state index is 10.6. The van der Waals surface area contributed by atoms with Crippen LogP contribution in [-0.4, -0.2) is 19.4 Å². The lowest BCUT2D eigenvalue weighted by atomic mass is 9.93. The van der Waals surface area contributed by atoms with Crippen LogP contribution in [0, 0.1) is 5.41 Å². The topological polar surface area (TPSA) is 35.5 Å². The number of rotatable bonds is 5. The van der Waals surface area contributed by atoms with E-state index in [1.54, 1.807) is 0 Å². The summed E-state index contributed by atoms with van der Waals surface area (Å²) in [5.41, 5.74) is 0.252. The van der Waals surface area contributed by atoms with Gasteiger partial charge in [-0.2, -0.15) is 0 Å². The molecule has 3 nitrogen and oxygen atoms in total. The molecule has 0 radical (unpaired) electrons. The Morgan fingerprint density at radius 1 is 1.46 bits per heavy atom. The molecular weight excluding hydrogens is 168 g/mol. The first kappa shape index (κ1) is 12.2. The molecule has 0 aromatic carbocycles. The molecule has 0 unspecified atom stereocenters. The first-order valence-electron chi connectivity index (χ1n) is 4.32. The largest absolute Gasteiger partial charge is 0.435 e. The van der Waals surface area contributed by atoms with Crippen LogP contribution in [0.4, 0.5) is 0 Å². The Bertz CT molecular complexity index is 167. The van der Waals surface area contributed by atoms with Crippen molar-refractivity contribution < 1.29 is 14.3 Å². The van der Waals surface area contributed by atoms with E-state index >= 15 is 0 Å². The van der Waals surface area contributed by atoms with E-state index in [0.717, 1.165) is 12.5 Å². The van der Waals surface area contributed by atoms with Crippen LogP contribution in [0.25, 0.3) is 0 Å². The summed E-state index contributed by atoms with van der Waals surface area (Å²) in [6, 6.07) is 0. The first-order chi connectivity index (χ1) is 5.95. The van der Waals surface area contributed by atoms with Crippen molar-refractivity contribution in [3.8, 4) is 0 Å². The standard InChI is InChI=1S/C10H18O3/c1-5-9(11)13-8-12-7-6-10(2,3)4/h5H,1,6-8H2,2-4H3. The summed E-state index contributed by atoms with van der Waals surface area (Å²) in [4.78, 5) is 10.6. The zero-order valence-corrected chi connectivity index (χ0v) is 8.63. The number of ether oxygens (including phenoxy) is 2. The number of hydrogen-bond acceptors (Lipinski definition) is 3. The van der Waals surface area contributed by atoms with Gasteiger partial charge in [0.1, 0.15) is 0 Å². The second-order valence-corrected chi connectivity index (χ2v) is 4.00. The Morgan fingerprint density at radius 2 is 2.08 bits per heavy atom. The predicted molar refractivity (Wildman–Crippen MR) is 51.2 cm³/mol. The molecule has 0 N–H and O–H groups in total. The van der Waals surface area contributed by atoms with Gasteiger partial charge in [-0.3, -0.25) is 0 Å². The molecule has 0 bridgehead atoms. The summed E-state index contributed by atoms with van der Waals surface area (Å²) in [6.45, 7) is 10.3. The minimum Gasteiger partial charge on any atom is -0.435 e. The summed E-state index contributed by atoms with van der Waals surface area (Å²) >= 11 is 0. The van der Waals surface area contributed by atoms with Gasteiger partial charge in [0.25, 0.3) is 0 Å². The van der Waals surface area contributed by atoms with Gasteiger partial charge >= 0.3 is 5.97 Å². The summed E-state index contributed by atoms with van der Waals surface area (Å²) in [5, 5.41) is 0. The lowest BCUT2D eigenvalue weighted by Gasteiger charge is -2.17. The number of esters is 1. The maximum absolute atomic E-state index is 10.6. The number of carbonyl (C=O) groups is 1. The van der Waals surface area contributed by atoms with Crippen molar-refractivity contribution in [2.75, 3.05) is 13.4 Å². The SMILES string of the molecule is C=CC(=O)OCOCCC(C)(C)C. The lowest BCUT2D eigenvalue weighted by Crippen LogP contribution is -2.12. The third-order valence-electron chi connectivity index (χ3n) is 1.45. The molecule has 0 aliphatic rings. The number of hydrogen-bond donors (Lipinski definition) is 0. The molecule has 0 amide bonds. The first-order valence-corrected chi connectivity index (χ1v) is 4.32. The van der Waals surface area contributed by atoms with Crippen molar-refractivity contribution >= 4 is 5.97 Å². The molecule has 0 aliphatic heterocycles. The maximum Gasteiger partial charge on any atom is 0.332 e. The van der Waals surface area contributed by atoms with Gasteiger partial charge in [-0.15, -0.1) is 0 Å². The van der Waals surface area contributed by atoms with Gasteiger partial charge in [0.15, 0.2) is 6.79 Å². The molecule has 0 saturated carbocycles. The molecule has 76 valence electrons. The third-order valence-corrected chi connectivity index (χ3v) is 1.45. The van der Waals surface area contributed by atoms with Gasteiger partial charge in [-0.1, -0.05) is 27.4 Å². The number of carbonyl (C=O) groups excluding carboxylic acids is 1. The molecule has 13 heavy (non-hydrogen) atoms. The van der Waals surface area contributed by atoms with Crippen molar-refractivity contribution in [3.63, 3.8) is 0 Å². The fraction of sp³-hybridized carbons (Fsp3) is 0.700. The molecule has 0 saturated heterocycles. The highest BCUT2D eigenvalue weighted by molar-refractivity contribution is 5.81. The minimum atomic E-state index is -0.448. The Labute approximate surface area is 79.7 Å². The quantitative estimate of drug-likeness (QED) is 0.285. The van der Waals surface area contributed by atoms with Gasteiger partial charge < -0.3 is 9.47 Å². The minimum absolute atomic E-state index is 0.0148.